The second kappa shape index (κ2) is 7.53. The van der Waals surface area contributed by atoms with Gasteiger partial charge >= 0.3 is 0 Å². The second-order valence-electron chi connectivity index (χ2n) is 5.16. The zero-order chi connectivity index (χ0) is 15.2. The minimum Gasteiger partial charge on any atom is -0.319 e. The van der Waals surface area contributed by atoms with Crippen LogP contribution in [0.3, 0.4) is 0 Å². The van der Waals surface area contributed by atoms with E-state index in [0.717, 1.165) is 18.1 Å². The van der Waals surface area contributed by atoms with Crippen LogP contribution in [0.1, 0.15) is 11.1 Å². The lowest BCUT2D eigenvalue weighted by molar-refractivity contribution is 0.477. The summed E-state index contributed by atoms with van der Waals surface area (Å²) < 4.78 is 27.0. The number of halogens is 3. The lowest BCUT2D eigenvalue weighted by Gasteiger charge is -2.18. The molecule has 21 heavy (non-hydrogen) atoms. The average molecular weight is 310 g/mol. The molecule has 2 rings (SSSR count). The summed E-state index contributed by atoms with van der Waals surface area (Å²) in [5, 5.41) is 3.81. The van der Waals surface area contributed by atoms with Crippen LogP contribution < -0.4 is 5.32 Å². The minimum absolute atomic E-state index is 0.145. The normalized spacial score (nSPS) is 12.4. The molecule has 0 aliphatic carbocycles. The highest BCUT2D eigenvalue weighted by atomic mass is 35.5. The van der Waals surface area contributed by atoms with E-state index in [1.165, 1.54) is 12.1 Å². The molecule has 2 aromatic carbocycles. The highest BCUT2D eigenvalue weighted by Gasteiger charge is 2.15. The molecule has 0 saturated heterocycles. The van der Waals surface area contributed by atoms with E-state index in [2.05, 4.69) is 5.32 Å². The molecule has 0 bridgehead atoms. The minimum atomic E-state index is -0.410. The third kappa shape index (κ3) is 4.51. The fourth-order valence-corrected chi connectivity index (χ4v) is 2.70. The first-order valence-corrected chi connectivity index (χ1v) is 7.30. The number of rotatable bonds is 6. The van der Waals surface area contributed by atoms with E-state index in [0.29, 0.717) is 23.6 Å². The van der Waals surface area contributed by atoms with Crippen LogP contribution >= 0.6 is 11.6 Å². The molecule has 1 N–H and O–H groups in total. The average Bonchev–Trinajstić information content (AvgIpc) is 2.45. The van der Waals surface area contributed by atoms with Crippen molar-refractivity contribution in [3.05, 3.63) is 70.2 Å². The maximum Gasteiger partial charge on any atom is 0.126 e. The molecule has 0 fully saturated rings. The molecule has 0 aliphatic heterocycles. The fourth-order valence-electron chi connectivity index (χ4n) is 2.49. The topological polar surface area (TPSA) is 12.0 Å². The van der Waals surface area contributed by atoms with E-state index in [-0.39, 0.29) is 11.7 Å². The van der Waals surface area contributed by atoms with Crippen LogP contribution in [-0.2, 0) is 12.8 Å². The summed E-state index contributed by atoms with van der Waals surface area (Å²) in [6.45, 7) is 0.710. The van der Waals surface area contributed by atoms with Gasteiger partial charge in [-0.2, -0.15) is 0 Å². The maximum atomic E-state index is 13.8. The first-order valence-electron chi connectivity index (χ1n) is 6.92. The first-order chi connectivity index (χ1) is 10.1. The van der Waals surface area contributed by atoms with Crippen LogP contribution in [0.2, 0.25) is 5.02 Å². The highest BCUT2D eigenvalue weighted by Crippen LogP contribution is 2.22. The van der Waals surface area contributed by atoms with E-state index in [1.54, 1.807) is 0 Å². The van der Waals surface area contributed by atoms with Crippen molar-refractivity contribution in [2.75, 3.05) is 13.6 Å². The van der Waals surface area contributed by atoms with Gasteiger partial charge in [-0.25, -0.2) is 8.78 Å². The van der Waals surface area contributed by atoms with Gasteiger partial charge in [0.25, 0.3) is 0 Å². The van der Waals surface area contributed by atoms with Crippen molar-refractivity contribution >= 4 is 11.6 Å². The molecule has 0 amide bonds. The SMILES string of the molecule is CNCC(Cc1cc(F)ccc1F)Cc1ccccc1Cl. The number of hydrogen-bond donors (Lipinski definition) is 1. The zero-order valence-electron chi connectivity index (χ0n) is 11.9. The van der Waals surface area contributed by atoms with Gasteiger partial charge in [-0.1, -0.05) is 29.8 Å². The van der Waals surface area contributed by atoms with Gasteiger partial charge in [0.15, 0.2) is 0 Å². The third-order valence-electron chi connectivity index (χ3n) is 3.48. The standard InChI is InChI=1S/C17H18ClF2N/c1-21-11-12(8-13-4-2-3-5-16(13)18)9-14-10-15(19)6-7-17(14)20/h2-7,10,12,21H,8-9,11H2,1H3. The van der Waals surface area contributed by atoms with Gasteiger partial charge in [-0.3, -0.25) is 0 Å². The molecule has 0 aliphatic rings. The summed E-state index contributed by atoms with van der Waals surface area (Å²) in [6.07, 6.45) is 1.19. The number of benzene rings is 2. The smallest absolute Gasteiger partial charge is 0.126 e. The van der Waals surface area contributed by atoms with Crippen LogP contribution in [0, 0.1) is 17.6 Å². The molecule has 0 saturated carbocycles. The Hall–Kier alpha value is -1.45. The van der Waals surface area contributed by atoms with E-state index >= 15 is 0 Å². The lowest BCUT2D eigenvalue weighted by Crippen LogP contribution is -2.23. The Bertz CT molecular complexity index is 601. The van der Waals surface area contributed by atoms with Crippen molar-refractivity contribution in [3.63, 3.8) is 0 Å². The predicted molar refractivity (Wildman–Crippen MR) is 82.6 cm³/mol. The number of nitrogens with one attached hydrogen (secondary N) is 1. The molecule has 0 heterocycles. The summed E-state index contributed by atoms with van der Waals surface area (Å²) in [5.41, 5.74) is 1.43. The number of hydrogen-bond acceptors (Lipinski definition) is 1. The van der Waals surface area contributed by atoms with Gasteiger partial charge in [0.05, 0.1) is 0 Å². The van der Waals surface area contributed by atoms with Crippen LogP contribution in [-0.4, -0.2) is 13.6 Å². The molecule has 0 spiro atoms. The second-order valence-corrected chi connectivity index (χ2v) is 5.57. The van der Waals surface area contributed by atoms with Gasteiger partial charge in [-0.15, -0.1) is 0 Å². The van der Waals surface area contributed by atoms with Crippen LogP contribution in [0.25, 0.3) is 0 Å². The monoisotopic (exact) mass is 309 g/mol. The van der Waals surface area contributed by atoms with Crippen molar-refractivity contribution in [2.45, 2.75) is 12.8 Å². The predicted octanol–water partition coefficient (Wildman–Crippen LogP) is 4.24. The summed E-state index contributed by atoms with van der Waals surface area (Å²) in [6, 6.07) is 11.2. The molecular formula is C17H18ClF2N. The summed E-state index contributed by atoms with van der Waals surface area (Å²) >= 11 is 6.17. The van der Waals surface area contributed by atoms with Crippen LogP contribution in [0.4, 0.5) is 8.78 Å². The Labute approximate surface area is 128 Å². The maximum absolute atomic E-state index is 13.8. The lowest BCUT2D eigenvalue weighted by atomic mass is 9.92. The molecule has 112 valence electrons. The Morgan fingerprint density at radius 2 is 1.76 bits per heavy atom. The Morgan fingerprint density at radius 1 is 1.05 bits per heavy atom. The molecule has 0 radical (unpaired) electrons. The Morgan fingerprint density at radius 3 is 2.48 bits per heavy atom. The van der Waals surface area contributed by atoms with Gasteiger partial charge in [0.2, 0.25) is 0 Å². The van der Waals surface area contributed by atoms with Gasteiger partial charge in [-0.05, 0) is 67.7 Å². The van der Waals surface area contributed by atoms with Gasteiger partial charge in [0.1, 0.15) is 11.6 Å². The van der Waals surface area contributed by atoms with Crippen molar-refractivity contribution < 1.29 is 8.78 Å². The Kier molecular flexibility index (Phi) is 5.71. The van der Waals surface area contributed by atoms with E-state index in [1.807, 2.05) is 31.3 Å². The molecule has 2 aromatic rings. The van der Waals surface area contributed by atoms with E-state index in [9.17, 15) is 8.78 Å². The van der Waals surface area contributed by atoms with Crippen molar-refractivity contribution in [1.29, 1.82) is 0 Å². The third-order valence-corrected chi connectivity index (χ3v) is 3.84. The molecule has 0 aromatic heterocycles. The van der Waals surface area contributed by atoms with Crippen LogP contribution in [0.5, 0.6) is 0 Å². The van der Waals surface area contributed by atoms with E-state index < -0.39 is 5.82 Å². The molecule has 4 heteroatoms. The quantitative estimate of drug-likeness (QED) is 0.841. The van der Waals surface area contributed by atoms with E-state index in [4.69, 9.17) is 11.6 Å². The Balaban J connectivity index is 2.16. The van der Waals surface area contributed by atoms with Crippen molar-refractivity contribution in [1.82, 2.24) is 5.32 Å². The first kappa shape index (κ1) is 15.9. The molecule has 1 nitrogen and oxygen atoms in total. The van der Waals surface area contributed by atoms with Gasteiger partial charge < -0.3 is 5.32 Å². The molecule has 1 atom stereocenters. The summed E-state index contributed by atoms with van der Waals surface area (Å²) in [7, 11) is 1.85. The van der Waals surface area contributed by atoms with Gasteiger partial charge in [0, 0.05) is 5.02 Å². The largest absolute Gasteiger partial charge is 0.319 e. The summed E-state index contributed by atoms with van der Waals surface area (Å²) in [5.74, 6) is -0.629. The van der Waals surface area contributed by atoms with Crippen LogP contribution in [0.15, 0.2) is 42.5 Å². The molecule has 1 unspecified atom stereocenters. The fraction of sp³-hybridized carbons (Fsp3) is 0.294. The van der Waals surface area contributed by atoms with Crippen molar-refractivity contribution in [3.8, 4) is 0 Å². The summed E-state index contributed by atoms with van der Waals surface area (Å²) in [4.78, 5) is 0. The molecular weight excluding hydrogens is 292 g/mol. The highest BCUT2D eigenvalue weighted by molar-refractivity contribution is 6.31. The van der Waals surface area contributed by atoms with Crippen molar-refractivity contribution in [2.24, 2.45) is 5.92 Å². The zero-order valence-corrected chi connectivity index (χ0v) is 12.6.